The molecule has 0 aromatic heterocycles. The molecule has 1 amide bonds. The summed E-state index contributed by atoms with van der Waals surface area (Å²) in [6.07, 6.45) is 7.71. The van der Waals surface area contributed by atoms with Crippen LogP contribution in [-0.4, -0.2) is 12.6 Å². The van der Waals surface area contributed by atoms with Crippen molar-refractivity contribution < 1.29 is 9.90 Å². The molecule has 75 valence electrons. The van der Waals surface area contributed by atoms with Crippen LogP contribution in [0.2, 0.25) is 0 Å². The largest absolute Gasteiger partial charge is 0.450 e. The van der Waals surface area contributed by atoms with Gasteiger partial charge in [0, 0.05) is 6.54 Å². The van der Waals surface area contributed by atoms with Gasteiger partial charge in [0.2, 0.25) is 0 Å². The van der Waals surface area contributed by atoms with Crippen molar-refractivity contribution in [1.29, 1.82) is 0 Å². The molecule has 0 aromatic rings. The van der Waals surface area contributed by atoms with Crippen LogP contribution in [0, 0.1) is 5.92 Å². The van der Waals surface area contributed by atoms with Crippen molar-refractivity contribution in [3.05, 3.63) is 0 Å². The molecule has 1 fully saturated rings. The minimum Gasteiger partial charge on any atom is -0.318 e. The molecule has 1 radical (unpaired) electrons. The van der Waals surface area contributed by atoms with Gasteiger partial charge in [-0.25, -0.2) is 9.90 Å². The van der Waals surface area contributed by atoms with E-state index in [4.69, 9.17) is 0 Å². The summed E-state index contributed by atoms with van der Waals surface area (Å²) in [5, 5.41) is 12.4. The lowest BCUT2D eigenvalue weighted by atomic mass is 9.97. The molecule has 3 heteroatoms. The van der Waals surface area contributed by atoms with Crippen molar-refractivity contribution in [2.75, 3.05) is 6.54 Å². The summed E-state index contributed by atoms with van der Waals surface area (Å²) < 4.78 is 0. The summed E-state index contributed by atoms with van der Waals surface area (Å²) in [6.45, 7) is 0.562. The molecular formula is C10H18NO2. The first kappa shape index (κ1) is 10.4. The molecule has 0 saturated heterocycles. The minimum atomic E-state index is -1.14. The smallest absolute Gasteiger partial charge is 0.318 e. The molecular weight excluding hydrogens is 166 g/mol. The van der Waals surface area contributed by atoms with Gasteiger partial charge in [-0.15, -0.1) is 0 Å². The van der Waals surface area contributed by atoms with E-state index in [2.05, 4.69) is 5.32 Å². The number of carbonyl (C=O) groups is 1. The van der Waals surface area contributed by atoms with Crippen molar-refractivity contribution >= 4 is 6.09 Å². The fraction of sp³-hybridized carbons (Fsp3) is 0.900. The molecule has 0 aromatic carbocycles. The summed E-state index contributed by atoms with van der Waals surface area (Å²) >= 11 is 0. The molecule has 0 bridgehead atoms. The highest BCUT2D eigenvalue weighted by Gasteiger charge is 2.11. The van der Waals surface area contributed by atoms with Crippen molar-refractivity contribution in [2.24, 2.45) is 5.92 Å². The maximum Gasteiger partial charge on any atom is 0.450 e. The van der Waals surface area contributed by atoms with Crippen molar-refractivity contribution in [3.63, 3.8) is 0 Å². The van der Waals surface area contributed by atoms with E-state index >= 15 is 0 Å². The summed E-state index contributed by atoms with van der Waals surface area (Å²) in [5.74, 6) is 0.731. The maximum atomic E-state index is 10.1. The Bertz CT molecular complexity index is 151. The third-order valence-corrected chi connectivity index (χ3v) is 2.80. The van der Waals surface area contributed by atoms with Crippen LogP contribution in [0.3, 0.4) is 0 Å². The predicted molar refractivity (Wildman–Crippen MR) is 49.9 cm³/mol. The standard InChI is InChI=1S/C10H18NO2/c12-10(13)11-8-7-9-5-3-1-2-4-6-9/h9,11H,1-8H2. The number of amides is 1. The van der Waals surface area contributed by atoms with E-state index in [0.717, 1.165) is 12.3 Å². The van der Waals surface area contributed by atoms with Gasteiger partial charge in [-0.2, -0.15) is 0 Å². The van der Waals surface area contributed by atoms with Crippen LogP contribution < -0.4 is 5.32 Å². The molecule has 0 atom stereocenters. The Morgan fingerprint density at radius 2 is 1.77 bits per heavy atom. The molecule has 1 rings (SSSR count). The van der Waals surface area contributed by atoms with E-state index in [1.165, 1.54) is 38.5 Å². The Kier molecular flexibility index (Phi) is 4.65. The second-order valence-electron chi connectivity index (χ2n) is 3.86. The van der Waals surface area contributed by atoms with Gasteiger partial charge in [-0.3, -0.25) is 0 Å². The number of hydrogen-bond acceptors (Lipinski definition) is 1. The van der Waals surface area contributed by atoms with Gasteiger partial charge in [0.15, 0.2) is 0 Å². The first-order valence-electron chi connectivity index (χ1n) is 5.24. The topological polar surface area (TPSA) is 49.0 Å². The van der Waals surface area contributed by atoms with Crippen molar-refractivity contribution in [3.8, 4) is 0 Å². The molecule has 1 aliphatic carbocycles. The molecule has 0 spiro atoms. The number of hydrogen-bond donors (Lipinski definition) is 1. The minimum absolute atomic E-state index is 0.562. The van der Waals surface area contributed by atoms with Crippen LogP contribution in [-0.2, 0) is 5.11 Å². The highest BCUT2D eigenvalue weighted by molar-refractivity contribution is 5.63. The first-order chi connectivity index (χ1) is 6.29. The number of carbonyl (C=O) groups excluding carboxylic acids is 1. The zero-order chi connectivity index (χ0) is 9.52. The van der Waals surface area contributed by atoms with E-state index in [9.17, 15) is 9.90 Å². The number of nitrogens with one attached hydrogen (secondary N) is 1. The third kappa shape index (κ3) is 4.76. The molecule has 1 N–H and O–H groups in total. The second-order valence-corrected chi connectivity index (χ2v) is 3.86. The lowest BCUT2D eigenvalue weighted by Gasteiger charge is -2.12. The average Bonchev–Trinajstić information content (AvgIpc) is 2.32. The van der Waals surface area contributed by atoms with Gasteiger partial charge >= 0.3 is 6.09 Å². The zero-order valence-electron chi connectivity index (χ0n) is 8.05. The summed E-state index contributed by atoms with van der Waals surface area (Å²) in [6, 6.07) is 0. The molecule has 13 heavy (non-hydrogen) atoms. The van der Waals surface area contributed by atoms with Crippen molar-refractivity contribution in [1.82, 2.24) is 5.32 Å². The third-order valence-electron chi connectivity index (χ3n) is 2.80. The highest BCUT2D eigenvalue weighted by atomic mass is 16.4. The summed E-state index contributed by atoms with van der Waals surface area (Å²) in [5.41, 5.74) is 0. The van der Waals surface area contributed by atoms with E-state index in [-0.39, 0.29) is 0 Å². The SMILES string of the molecule is [O]C(=O)NCCC1CCCCCC1. The fourth-order valence-corrected chi connectivity index (χ4v) is 2.03. The molecule has 0 heterocycles. The van der Waals surface area contributed by atoms with Crippen molar-refractivity contribution in [2.45, 2.75) is 44.9 Å². The lowest BCUT2D eigenvalue weighted by molar-refractivity contribution is 0.167. The van der Waals surface area contributed by atoms with Gasteiger partial charge in [-0.1, -0.05) is 38.5 Å². The molecule has 1 saturated carbocycles. The van der Waals surface area contributed by atoms with E-state index in [1.807, 2.05) is 0 Å². The zero-order valence-corrected chi connectivity index (χ0v) is 8.05. The van der Waals surface area contributed by atoms with Crippen LogP contribution in [0.25, 0.3) is 0 Å². The molecule has 1 aliphatic rings. The monoisotopic (exact) mass is 184 g/mol. The fourth-order valence-electron chi connectivity index (χ4n) is 2.03. The Morgan fingerprint density at radius 3 is 2.31 bits per heavy atom. The van der Waals surface area contributed by atoms with Gasteiger partial charge < -0.3 is 5.32 Å². The van der Waals surface area contributed by atoms with Crippen LogP contribution in [0.1, 0.15) is 44.9 Å². The van der Waals surface area contributed by atoms with Crippen LogP contribution in [0.4, 0.5) is 4.79 Å². The van der Waals surface area contributed by atoms with Crippen LogP contribution in [0.5, 0.6) is 0 Å². The van der Waals surface area contributed by atoms with Gasteiger partial charge in [-0.05, 0) is 12.3 Å². The Morgan fingerprint density at radius 1 is 1.15 bits per heavy atom. The Hall–Kier alpha value is -0.730. The average molecular weight is 184 g/mol. The first-order valence-corrected chi connectivity index (χ1v) is 5.24. The Labute approximate surface area is 79.5 Å². The second kappa shape index (κ2) is 5.84. The molecule has 0 aliphatic heterocycles. The molecule has 0 unspecified atom stereocenters. The maximum absolute atomic E-state index is 10.1. The molecule has 3 nitrogen and oxygen atoms in total. The lowest BCUT2D eigenvalue weighted by Crippen LogP contribution is -2.22. The van der Waals surface area contributed by atoms with E-state index in [1.54, 1.807) is 0 Å². The summed E-state index contributed by atoms with van der Waals surface area (Å²) in [7, 11) is 0. The normalized spacial score (nSPS) is 19.4. The quantitative estimate of drug-likeness (QED) is 0.673. The van der Waals surface area contributed by atoms with Gasteiger partial charge in [0.1, 0.15) is 0 Å². The number of rotatable bonds is 3. The predicted octanol–water partition coefficient (Wildman–Crippen LogP) is 2.49. The van der Waals surface area contributed by atoms with E-state index in [0.29, 0.717) is 6.54 Å². The van der Waals surface area contributed by atoms with Crippen LogP contribution >= 0.6 is 0 Å². The Balaban J connectivity index is 2.08. The summed E-state index contributed by atoms with van der Waals surface area (Å²) in [4.78, 5) is 10.1. The van der Waals surface area contributed by atoms with Gasteiger partial charge in [0.05, 0.1) is 0 Å². The van der Waals surface area contributed by atoms with Crippen LogP contribution in [0.15, 0.2) is 0 Å². The van der Waals surface area contributed by atoms with E-state index < -0.39 is 6.09 Å². The highest BCUT2D eigenvalue weighted by Crippen LogP contribution is 2.24. The van der Waals surface area contributed by atoms with Gasteiger partial charge in [0.25, 0.3) is 0 Å².